The van der Waals surface area contributed by atoms with E-state index in [1.165, 1.54) is 24.3 Å². The summed E-state index contributed by atoms with van der Waals surface area (Å²) in [4.78, 5) is 10.4. The number of nitro groups is 1. The molecule has 43 heavy (non-hydrogen) atoms. The summed E-state index contributed by atoms with van der Waals surface area (Å²) in [5, 5.41) is 52.5. The second kappa shape index (κ2) is 13.5. The summed E-state index contributed by atoms with van der Waals surface area (Å²) in [6.45, 7) is 3.48. The van der Waals surface area contributed by atoms with Crippen molar-refractivity contribution >= 4 is 16.1 Å². The van der Waals surface area contributed by atoms with Gasteiger partial charge in [0.15, 0.2) is 18.4 Å². The molecular weight excluding hydrogens is 606 g/mol. The summed E-state index contributed by atoms with van der Waals surface area (Å²) >= 11 is 0. The first-order chi connectivity index (χ1) is 20.1. The van der Waals surface area contributed by atoms with Gasteiger partial charge in [0, 0.05) is 12.1 Å². The molecule has 0 bridgehead atoms. The van der Waals surface area contributed by atoms with Crippen molar-refractivity contribution in [3.63, 3.8) is 0 Å². The number of aliphatic hydroxyl groups is 4. The maximum Gasteiger partial charge on any atom is 0.397 e. The van der Waals surface area contributed by atoms with Gasteiger partial charge >= 0.3 is 10.4 Å². The van der Waals surface area contributed by atoms with Gasteiger partial charge in [0.05, 0.1) is 24.2 Å². The Kier molecular flexibility index (Phi) is 10.6. The van der Waals surface area contributed by atoms with Gasteiger partial charge in [-0.25, -0.2) is 4.18 Å². The minimum atomic E-state index is -5.16. The smallest absolute Gasteiger partial charge is 0.397 e. The molecule has 0 aliphatic carbocycles. The van der Waals surface area contributed by atoms with E-state index in [2.05, 4.69) is 4.18 Å². The molecule has 1 unspecified atom stereocenters. The summed E-state index contributed by atoms with van der Waals surface area (Å²) < 4.78 is 76.2. The second-order valence-electron chi connectivity index (χ2n) is 10.6. The largest absolute Gasteiger partial charge is 0.491 e. The second-order valence-corrected chi connectivity index (χ2v) is 11.7. The highest BCUT2D eigenvalue weighted by molar-refractivity contribution is 7.80. The quantitative estimate of drug-likeness (QED) is 0.100. The molecule has 11 atom stereocenters. The lowest BCUT2D eigenvalue weighted by Gasteiger charge is -2.42. The van der Waals surface area contributed by atoms with Crippen LogP contribution in [0.3, 0.4) is 0 Å². The van der Waals surface area contributed by atoms with E-state index in [-0.39, 0.29) is 18.0 Å². The number of non-ortho nitro benzene ring substituents is 1. The van der Waals surface area contributed by atoms with Gasteiger partial charge in [-0.15, -0.1) is 0 Å². The molecule has 19 heteroatoms. The van der Waals surface area contributed by atoms with Crippen LogP contribution < -0.4 is 4.74 Å². The third kappa shape index (κ3) is 8.34. The average molecular weight is 642 g/mol. The summed E-state index contributed by atoms with van der Waals surface area (Å²) in [5.74, 6) is -0.791. The lowest BCUT2D eigenvalue weighted by Crippen LogP contribution is -2.61. The third-order valence-electron chi connectivity index (χ3n) is 6.90. The molecule has 244 valence electrons. The van der Waals surface area contributed by atoms with Crippen molar-refractivity contribution in [2.75, 3.05) is 19.8 Å². The number of fused-ring (bicyclic) bond motifs is 1. The van der Waals surface area contributed by atoms with E-state index in [4.69, 9.17) is 37.7 Å². The van der Waals surface area contributed by atoms with Crippen molar-refractivity contribution in [3.8, 4) is 5.75 Å². The normalized spacial score (nSPS) is 36.6. The standard InChI is InChI=1S/C24H35NO17S/c1-11-19-21(41-24(2,3)40-19)18(29)22(37-11)36-10-14(9-35-13-6-4-12(5-7-13)25(30)31)38-23-17(28)20(42-43(32,33)34)16(27)15(8-26)39-23/h4-7,11,14-23,26-29H,8-10H2,1-3H3,(H,32,33,34)/t11-,14?,15+,16-,17+,18-,19+,20-,21-,22+,23+/m0/s1. The first-order valence-corrected chi connectivity index (χ1v) is 14.6. The predicted molar refractivity (Wildman–Crippen MR) is 138 cm³/mol. The van der Waals surface area contributed by atoms with Crippen LogP contribution >= 0.6 is 0 Å². The molecule has 18 nitrogen and oxygen atoms in total. The average Bonchev–Trinajstić information content (AvgIpc) is 3.27. The summed E-state index contributed by atoms with van der Waals surface area (Å²) in [6, 6.07) is 5.06. The Bertz CT molecular complexity index is 1200. The van der Waals surface area contributed by atoms with E-state index in [1.807, 2.05) is 0 Å². The highest BCUT2D eigenvalue weighted by Gasteiger charge is 2.54. The van der Waals surface area contributed by atoms with Gasteiger partial charge in [0.2, 0.25) is 0 Å². The van der Waals surface area contributed by atoms with E-state index in [9.17, 15) is 39.0 Å². The number of nitrogens with zero attached hydrogens (tertiary/aromatic N) is 1. The Morgan fingerprint density at radius 2 is 1.65 bits per heavy atom. The first kappa shape index (κ1) is 33.8. The molecular formula is C24H35NO17S. The fourth-order valence-electron chi connectivity index (χ4n) is 4.90. The van der Waals surface area contributed by atoms with Gasteiger partial charge < -0.3 is 53.6 Å². The molecule has 0 saturated carbocycles. The maximum absolute atomic E-state index is 11.3. The van der Waals surface area contributed by atoms with Crippen LogP contribution in [0.25, 0.3) is 0 Å². The Morgan fingerprint density at radius 3 is 2.26 bits per heavy atom. The van der Waals surface area contributed by atoms with Gasteiger partial charge in [0.1, 0.15) is 61.2 Å². The topological polar surface area (TPSA) is 252 Å². The number of hydrogen-bond donors (Lipinski definition) is 5. The molecule has 1 aromatic carbocycles. The summed E-state index contributed by atoms with van der Waals surface area (Å²) in [7, 11) is -5.16. The van der Waals surface area contributed by atoms with Crippen LogP contribution in [-0.4, -0.2) is 131 Å². The Labute approximate surface area is 246 Å². The molecule has 3 saturated heterocycles. The minimum Gasteiger partial charge on any atom is -0.491 e. The van der Waals surface area contributed by atoms with E-state index >= 15 is 0 Å². The van der Waals surface area contributed by atoms with Crippen molar-refractivity contribution < 1.29 is 75.7 Å². The number of rotatable bonds is 12. The minimum absolute atomic E-state index is 0.183. The fraction of sp³-hybridized carbons (Fsp3) is 0.750. The van der Waals surface area contributed by atoms with E-state index in [0.717, 1.165) is 0 Å². The number of nitro benzene ring substituents is 1. The molecule has 3 aliphatic rings. The predicted octanol–water partition coefficient (Wildman–Crippen LogP) is -1.37. The van der Waals surface area contributed by atoms with Crippen LogP contribution in [0.5, 0.6) is 5.75 Å². The molecule has 3 heterocycles. The molecule has 0 aromatic heterocycles. The molecule has 3 fully saturated rings. The van der Waals surface area contributed by atoms with Gasteiger partial charge in [-0.05, 0) is 32.9 Å². The van der Waals surface area contributed by atoms with E-state index < -0.39 is 102 Å². The van der Waals surface area contributed by atoms with Crippen molar-refractivity contribution in [1.29, 1.82) is 0 Å². The lowest BCUT2D eigenvalue weighted by atomic mass is 9.99. The van der Waals surface area contributed by atoms with E-state index in [1.54, 1.807) is 20.8 Å². The van der Waals surface area contributed by atoms with Crippen LogP contribution in [0.1, 0.15) is 20.8 Å². The molecule has 3 aliphatic heterocycles. The molecule has 0 spiro atoms. The number of benzene rings is 1. The molecule has 4 rings (SSSR count). The number of ether oxygens (including phenoxy) is 7. The summed E-state index contributed by atoms with van der Waals surface area (Å²) in [5.41, 5.74) is -0.183. The van der Waals surface area contributed by atoms with Crippen LogP contribution in [0.2, 0.25) is 0 Å². The fourth-order valence-corrected chi connectivity index (χ4v) is 5.41. The molecule has 0 amide bonds. The van der Waals surface area contributed by atoms with E-state index in [0.29, 0.717) is 0 Å². The Hall–Kier alpha value is -2.11. The van der Waals surface area contributed by atoms with Crippen molar-refractivity contribution in [2.24, 2.45) is 0 Å². The maximum atomic E-state index is 11.3. The van der Waals surface area contributed by atoms with Gasteiger partial charge in [-0.1, -0.05) is 0 Å². The van der Waals surface area contributed by atoms with Crippen molar-refractivity contribution in [1.82, 2.24) is 0 Å². The Morgan fingerprint density at radius 1 is 1.00 bits per heavy atom. The zero-order valence-electron chi connectivity index (χ0n) is 23.3. The first-order valence-electron chi connectivity index (χ1n) is 13.2. The van der Waals surface area contributed by atoms with Crippen molar-refractivity contribution in [3.05, 3.63) is 34.4 Å². The van der Waals surface area contributed by atoms with Gasteiger partial charge in [-0.3, -0.25) is 14.7 Å². The monoisotopic (exact) mass is 641 g/mol. The highest BCUT2D eigenvalue weighted by Crippen LogP contribution is 2.37. The number of hydrogen-bond acceptors (Lipinski definition) is 16. The van der Waals surface area contributed by atoms with Gasteiger partial charge in [-0.2, -0.15) is 8.42 Å². The Balaban J connectivity index is 1.49. The van der Waals surface area contributed by atoms with Crippen LogP contribution in [0, 0.1) is 10.1 Å². The van der Waals surface area contributed by atoms with Crippen LogP contribution in [-0.2, 0) is 43.0 Å². The third-order valence-corrected chi connectivity index (χ3v) is 7.37. The molecule has 0 radical (unpaired) electrons. The number of aliphatic hydroxyl groups excluding tert-OH is 4. The SMILES string of the molecule is C[C@@H]1O[C@@H](OCC(COc2ccc([N+](=O)[O-])cc2)O[C@@H]2O[C@H](CO)[C@H](O)[C@H](OS(=O)(=O)O)[C@H]2O)[C@@H](O)[C@@H]2OC(C)(C)O[C@@H]21. The molecule has 5 N–H and O–H groups in total. The van der Waals surface area contributed by atoms with Gasteiger partial charge in [0.25, 0.3) is 5.69 Å². The zero-order chi connectivity index (χ0) is 31.7. The summed E-state index contributed by atoms with van der Waals surface area (Å²) in [6.07, 6.45) is -14.8. The lowest BCUT2D eigenvalue weighted by molar-refractivity contribution is -0.384. The molecule has 1 aromatic rings. The van der Waals surface area contributed by atoms with Crippen LogP contribution in [0.4, 0.5) is 5.69 Å². The van der Waals surface area contributed by atoms with Crippen molar-refractivity contribution in [2.45, 2.75) is 94.1 Å². The van der Waals surface area contributed by atoms with Crippen LogP contribution in [0.15, 0.2) is 24.3 Å². The highest BCUT2D eigenvalue weighted by atomic mass is 32.3. The zero-order valence-corrected chi connectivity index (χ0v) is 24.1.